The highest BCUT2D eigenvalue weighted by Crippen LogP contribution is 2.16. The van der Waals surface area contributed by atoms with Crippen molar-refractivity contribution in [3.8, 4) is 0 Å². The predicted molar refractivity (Wildman–Crippen MR) is 60.2 cm³/mol. The number of rotatable bonds is 5. The summed E-state index contributed by atoms with van der Waals surface area (Å²) in [7, 11) is 0. The van der Waals surface area contributed by atoms with Crippen LogP contribution >= 0.6 is 0 Å². The second-order valence-electron chi connectivity index (χ2n) is 3.92. The molecular formula is C12H20N2. The minimum absolute atomic E-state index is 0.404. The third-order valence-electron chi connectivity index (χ3n) is 2.16. The zero-order valence-electron chi connectivity index (χ0n) is 9.33. The van der Waals surface area contributed by atoms with E-state index < -0.39 is 0 Å². The van der Waals surface area contributed by atoms with Crippen molar-refractivity contribution >= 4 is 0 Å². The second-order valence-corrected chi connectivity index (χ2v) is 3.92. The van der Waals surface area contributed by atoms with Gasteiger partial charge >= 0.3 is 0 Å². The van der Waals surface area contributed by atoms with E-state index in [0.717, 1.165) is 12.1 Å². The van der Waals surface area contributed by atoms with Gasteiger partial charge in [-0.1, -0.05) is 33.3 Å². The molecule has 1 aromatic heterocycles. The number of hydrogen-bond donors (Lipinski definition) is 1. The Morgan fingerprint density at radius 1 is 1.36 bits per heavy atom. The third kappa shape index (κ3) is 3.46. The standard InChI is InChI=1S/C12H20N2/c1-4-7-12(14-10(2)3)11-8-5-6-9-13-11/h5-6,8-10,12,14H,4,7H2,1-3H3. The fourth-order valence-corrected chi connectivity index (χ4v) is 1.59. The van der Waals surface area contributed by atoms with E-state index in [4.69, 9.17) is 0 Å². The summed E-state index contributed by atoms with van der Waals surface area (Å²) in [5.74, 6) is 0. The van der Waals surface area contributed by atoms with E-state index in [0.29, 0.717) is 12.1 Å². The van der Waals surface area contributed by atoms with Gasteiger partial charge in [-0.3, -0.25) is 4.98 Å². The van der Waals surface area contributed by atoms with Gasteiger partial charge in [0, 0.05) is 18.3 Å². The molecule has 0 aliphatic carbocycles. The van der Waals surface area contributed by atoms with Crippen LogP contribution in [0.3, 0.4) is 0 Å². The summed E-state index contributed by atoms with van der Waals surface area (Å²) >= 11 is 0. The van der Waals surface area contributed by atoms with Crippen molar-refractivity contribution in [2.24, 2.45) is 0 Å². The smallest absolute Gasteiger partial charge is 0.0573 e. The molecule has 1 N–H and O–H groups in total. The molecule has 0 aliphatic rings. The molecule has 0 saturated carbocycles. The van der Waals surface area contributed by atoms with Crippen molar-refractivity contribution in [3.05, 3.63) is 30.1 Å². The summed E-state index contributed by atoms with van der Waals surface area (Å²) in [5.41, 5.74) is 1.16. The first-order valence-electron chi connectivity index (χ1n) is 5.41. The van der Waals surface area contributed by atoms with E-state index in [-0.39, 0.29) is 0 Å². The molecule has 0 spiro atoms. The van der Waals surface area contributed by atoms with Crippen LogP contribution < -0.4 is 5.32 Å². The molecule has 2 nitrogen and oxygen atoms in total. The number of hydrogen-bond acceptors (Lipinski definition) is 2. The monoisotopic (exact) mass is 192 g/mol. The Bertz CT molecular complexity index is 244. The largest absolute Gasteiger partial charge is 0.306 e. The van der Waals surface area contributed by atoms with E-state index in [9.17, 15) is 0 Å². The van der Waals surface area contributed by atoms with Gasteiger partial charge in [0.2, 0.25) is 0 Å². The van der Waals surface area contributed by atoms with E-state index in [2.05, 4.69) is 37.1 Å². The molecule has 1 unspecified atom stereocenters. The van der Waals surface area contributed by atoms with E-state index in [1.54, 1.807) is 0 Å². The third-order valence-corrected chi connectivity index (χ3v) is 2.16. The minimum atomic E-state index is 0.404. The van der Waals surface area contributed by atoms with Gasteiger partial charge in [0.25, 0.3) is 0 Å². The van der Waals surface area contributed by atoms with Crippen molar-refractivity contribution in [2.45, 2.75) is 45.7 Å². The Balaban J connectivity index is 2.67. The molecule has 1 heterocycles. The van der Waals surface area contributed by atoms with E-state index >= 15 is 0 Å². The quantitative estimate of drug-likeness (QED) is 0.776. The first-order chi connectivity index (χ1) is 6.74. The summed E-state index contributed by atoms with van der Waals surface area (Å²) in [6.45, 7) is 6.55. The molecule has 0 saturated heterocycles. The molecule has 2 heteroatoms. The Morgan fingerprint density at radius 3 is 2.64 bits per heavy atom. The first kappa shape index (κ1) is 11.2. The maximum absolute atomic E-state index is 4.39. The molecule has 0 fully saturated rings. The van der Waals surface area contributed by atoms with Gasteiger partial charge in [0.15, 0.2) is 0 Å². The van der Waals surface area contributed by atoms with E-state index in [1.165, 1.54) is 6.42 Å². The molecule has 1 atom stereocenters. The summed E-state index contributed by atoms with van der Waals surface area (Å²) in [6, 6.07) is 7.01. The second kappa shape index (κ2) is 5.76. The molecule has 1 aromatic rings. The summed E-state index contributed by atoms with van der Waals surface area (Å²) < 4.78 is 0. The lowest BCUT2D eigenvalue weighted by atomic mass is 10.1. The summed E-state index contributed by atoms with van der Waals surface area (Å²) in [5, 5.41) is 3.53. The molecule has 0 bridgehead atoms. The lowest BCUT2D eigenvalue weighted by molar-refractivity contribution is 0.440. The summed E-state index contributed by atoms with van der Waals surface area (Å²) in [4.78, 5) is 4.39. The van der Waals surface area contributed by atoms with Gasteiger partial charge in [-0.05, 0) is 18.6 Å². The lowest BCUT2D eigenvalue weighted by Gasteiger charge is -2.20. The predicted octanol–water partition coefficient (Wildman–Crippen LogP) is 2.92. The molecule has 78 valence electrons. The zero-order chi connectivity index (χ0) is 10.4. The highest BCUT2D eigenvalue weighted by Gasteiger charge is 2.11. The minimum Gasteiger partial charge on any atom is -0.306 e. The Morgan fingerprint density at radius 2 is 2.14 bits per heavy atom. The Labute approximate surface area is 86.8 Å². The summed E-state index contributed by atoms with van der Waals surface area (Å²) in [6.07, 6.45) is 4.19. The number of pyridine rings is 1. The number of nitrogens with zero attached hydrogens (tertiary/aromatic N) is 1. The van der Waals surface area contributed by atoms with Gasteiger partial charge < -0.3 is 5.32 Å². The fraction of sp³-hybridized carbons (Fsp3) is 0.583. The van der Waals surface area contributed by atoms with Crippen molar-refractivity contribution in [3.63, 3.8) is 0 Å². The van der Waals surface area contributed by atoms with Crippen LogP contribution in [0.15, 0.2) is 24.4 Å². The molecule has 0 amide bonds. The van der Waals surface area contributed by atoms with Gasteiger partial charge in [-0.25, -0.2) is 0 Å². The Hall–Kier alpha value is -0.890. The first-order valence-corrected chi connectivity index (χ1v) is 5.41. The maximum Gasteiger partial charge on any atom is 0.0573 e. The van der Waals surface area contributed by atoms with Crippen molar-refractivity contribution in [2.75, 3.05) is 0 Å². The lowest BCUT2D eigenvalue weighted by Crippen LogP contribution is -2.28. The van der Waals surface area contributed by atoms with Gasteiger partial charge in [0.05, 0.1) is 5.69 Å². The van der Waals surface area contributed by atoms with Crippen LogP contribution in [0.5, 0.6) is 0 Å². The molecule has 0 aromatic carbocycles. The average molecular weight is 192 g/mol. The highest BCUT2D eigenvalue weighted by molar-refractivity contribution is 5.08. The van der Waals surface area contributed by atoms with Gasteiger partial charge in [-0.15, -0.1) is 0 Å². The van der Waals surface area contributed by atoms with Crippen LogP contribution in [-0.2, 0) is 0 Å². The van der Waals surface area contributed by atoms with Crippen LogP contribution in [0.1, 0.15) is 45.3 Å². The average Bonchev–Trinajstić information content (AvgIpc) is 2.18. The number of nitrogens with one attached hydrogen (secondary N) is 1. The fourth-order valence-electron chi connectivity index (χ4n) is 1.59. The van der Waals surface area contributed by atoms with Crippen molar-refractivity contribution < 1.29 is 0 Å². The molecule has 14 heavy (non-hydrogen) atoms. The van der Waals surface area contributed by atoms with Crippen LogP contribution in [0.4, 0.5) is 0 Å². The zero-order valence-corrected chi connectivity index (χ0v) is 9.33. The van der Waals surface area contributed by atoms with Gasteiger partial charge in [-0.2, -0.15) is 0 Å². The van der Waals surface area contributed by atoms with Crippen LogP contribution in [0, 0.1) is 0 Å². The molecule has 0 aliphatic heterocycles. The van der Waals surface area contributed by atoms with Gasteiger partial charge in [0.1, 0.15) is 0 Å². The molecule has 1 rings (SSSR count). The topological polar surface area (TPSA) is 24.9 Å². The highest BCUT2D eigenvalue weighted by atomic mass is 15.0. The molecule has 0 radical (unpaired) electrons. The Kier molecular flexibility index (Phi) is 4.60. The maximum atomic E-state index is 4.39. The van der Waals surface area contributed by atoms with Crippen LogP contribution in [0.2, 0.25) is 0 Å². The van der Waals surface area contributed by atoms with Crippen LogP contribution in [-0.4, -0.2) is 11.0 Å². The van der Waals surface area contributed by atoms with E-state index in [1.807, 2.05) is 18.3 Å². The SMILES string of the molecule is CCCC(NC(C)C)c1ccccn1. The molecular weight excluding hydrogens is 172 g/mol. The van der Waals surface area contributed by atoms with Crippen LogP contribution in [0.25, 0.3) is 0 Å². The van der Waals surface area contributed by atoms with Crippen molar-refractivity contribution in [1.82, 2.24) is 10.3 Å². The normalized spacial score (nSPS) is 13.1. The number of aromatic nitrogens is 1. The van der Waals surface area contributed by atoms with Crippen molar-refractivity contribution in [1.29, 1.82) is 0 Å².